The smallest absolute Gasteiger partial charge is 0.112 e. The van der Waals surface area contributed by atoms with E-state index in [1.807, 2.05) is 41.8 Å². The highest BCUT2D eigenvalue weighted by Crippen LogP contribution is 2.37. The van der Waals surface area contributed by atoms with Crippen molar-refractivity contribution in [1.82, 2.24) is 9.55 Å². The lowest BCUT2D eigenvalue weighted by atomic mass is 10.0. The van der Waals surface area contributed by atoms with Crippen molar-refractivity contribution in [2.24, 2.45) is 4.99 Å². The van der Waals surface area contributed by atoms with Gasteiger partial charge in [0.05, 0.1) is 34.6 Å². The van der Waals surface area contributed by atoms with Gasteiger partial charge in [-0.2, -0.15) is 0 Å². The van der Waals surface area contributed by atoms with Gasteiger partial charge >= 0.3 is 0 Å². The van der Waals surface area contributed by atoms with E-state index in [1.54, 1.807) is 0 Å². The molecule has 0 bridgehead atoms. The van der Waals surface area contributed by atoms with Gasteiger partial charge in [-0.25, -0.2) is 4.98 Å². The van der Waals surface area contributed by atoms with E-state index in [0.717, 1.165) is 33.4 Å². The van der Waals surface area contributed by atoms with E-state index >= 15 is 0 Å². The number of fused-ring (bicyclic) bond motifs is 3. The molecule has 1 aliphatic heterocycles. The molecule has 0 unspecified atom stereocenters. The maximum atomic E-state index is 9.61. The summed E-state index contributed by atoms with van der Waals surface area (Å²) in [5, 5.41) is 11.2. The number of thiophene rings is 1. The number of benzene rings is 1. The minimum atomic E-state index is -0.117. The van der Waals surface area contributed by atoms with Crippen molar-refractivity contribution in [3.63, 3.8) is 0 Å². The van der Waals surface area contributed by atoms with E-state index in [2.05, 4.69) is 4.98 Å². The first-order valence-corrected chi connectivity index (χ1v) is 8.94. The molecule has 0 radical (unpaired) electrons. The fourth-order valence-electron chi connectivity index (χ4n) is 3.00. The number of rotatable bonds is 2. The van der Waals surface area contributed by atoms with Gasteiger partial charge in [-0.3, -0.25) is 9.56 Å². The van der Waals surface area contributed by atoms with Crippen LogP contribution in [0.15, 0.2) is 35.3 Å². The standard InChI is InChI=1S/C17H13Cl2N3OS/c1-9-21-13(8-23)14-7-20-16(10-4-2-3-5-12(10)18)11-6-15(19)24-17(11)22(9)14/h2-6,23H,7-8H2,1H3. The second-order valence-corrected chi connectivity index (χ2v) is 7.53. The molecule has 0 saturated carbocycles. The molecule has 0 saturated heterocycles. The molecule has 1 aliphatic rings. The molecule has 122 valence electrons. The SMILES string of the molecule is Cc1nc(CO)c2n1-c1sc(Cl)cc1C(c1ccccc1Cl)=NC2. The van der Waals surface area contributed by atoms with Crippen LogP contribution >= 0.6 is 34.5 Å². The summed E-state index contributed by atoms with van der Waals surface area (Å²) < 4.78 is 2.70. The number of aliphatic hydroxyl groups is 1. The fraction of sp³-hybridized carbons (Fsp3) is 0.176. The van der Waals surface area contributed by atoms with E-state index in [1.165, 1.54) is 11.3 Å². The van der Waals surface area contributed by atoms with Crippen LogP contribution in [0.2, 0.25) is 9.36 Å². The maximum absolute atomic E-state index is 9.61. The van der Waals surface area contributed by atoms with Gasteiger partial charge in [-0.05, 0) is 19.1 Å². The van der Waals surface area contributed by atoms with E-state index in [0.29, 0.717) is 21.6 Å². The summed E-state index contributed by atoms with van der Waals surface area (Å²) in [5.74, 6) is 0.810. The molecule has 4 rings (SSSR count). The van der Waals surface area contributed by atoms with Crippen LogP contribution in [-0.2, 0) is 13.2 Å². The highest BCUT2D eigenvalue weighted by molar-refractivity contribution is 7.19. The quantitative estimate of drug-likeness (QED) is 0.719. The monoisotopic (exact) mass is 377 g/mol. The van der Waals surface area contributed by atoms with Crippen LogP contribution in [0.1, 0.15) is 28.3 Å². The fourth-order valence-corrected chi connectivity index (χ4v) is 4.52. The lowest BCUT2D eigenvalue weighted by molar-refractivity contribution is 0.276. The van der Waals surface area contributed by atoms with Gasteiger partial charge in [0.1, 0.15) is 10.8 Å². The summed E-state index contributed by atoms with van der Waals surface area (Å²) in [7, 11) is 0. The number of aryl methyl sites for hydroxylation is 1. The summed E-state index contributed by atoms with van der Waals surface area (Å²) in [6.07, 6.45) is 0. The van der Waals surface area contributed by atoms with Crippen molar-refractivity contribution in [3.05, 3.63) is 68.0 Å². The predicted molar refractivity (Wildman–Crippen MR) is 97.9 cm³/mol. The average molecular weight is 378 g/mol. The molecule has 0 fully saturated rings. The van der Waals surface area contributed by atoms with Crippen LogP contribution in [-0.4, -0.2) is 20.4 Å². The Balaban J connectivity index is 2.01. The second-order valence-electron chi connectivity index (χ2n) is 5.46. The molecular formula is C17H13Cl2N3OS. The Morgan fingerprint density at radius 1 is 1.25 bits per heavy atom. The van der Waals surface area contributed by atoms with Crippen molar-refractivity contribution in [2.45, 2.75) is 20.1 Å². The molecule has 4 nitrogen and oxygen atoms in total. The van der Waals surface area contributed by atoms with Crippen molar-refractivity contribution in [3.8, 4) is 5.00 Å². The third-order valence-corrected chi connectivity index (χ3v) is 5.61. The van der Waals surface area contributed by atoms with Crippen molar-refractivity contribution in [2.75, 3.05) is 0 Å². The highest BCUT2D eigenvalue weighted by atomic mass is 35.5. The van der Waals surface area contributed by atoms with Crippen LogP contribution in [0.4, 0.5) is 0 Å². The molecule has 0 amide bonds. The Morgan fingerprint density at radius 3 is 2.79 bits per heavy atom. The van der Waals surface area contributed by atoms with Crippen molar-refractivity contribution >= 4 is 40.3 Å². The Hall–Kier alpha value is -1.66. The minimum absolute atomic E-state index is 0.117. The van der Waals surface area contributed by atoms with Gasteiger partial charge in [0.25, 0.3) is 0 Å². The van der Waals surface area contributed by atoms with Crippen molar-refractivity contribution < 1.29 is 5.11 Å². The zero-order valence-electron chi connectivity index (χ0n) is 12.8. The molecular weight excluding hydrogens is 365 g/mol. The minimum Gasteiger partial charge on any atom is -0.390 e. The van der Waals surface area contributed by atoms with Crippen LogP contribution in [0, 0.1) is 6.92 Å². The third-order valence-electron chi connectivity index (χ3n) is 4.03. The van der Waals surface area contributed by atoms with Gasteiger partial charge < -0.3 is 5.11 Å². The van der Waals surface area contributed by atoms with Crippen LogP contribution in [0.25, 0.3) is 5.00 Å². The van der Waals surface area contributed by atoms with E-state index in [-0.39, 0.29) is 6.61 Å². The maximum Gasteiger partial charge on any atom is 0.112 e. The number of imidazole rings is 1. The average Bonchev–Trinajstić information content (AvgIpc) is 3.04. The summed E-state index contributed by atoms with van der Waals surface area (Å²) in [5.41, 5.74) is 4.15. The number of nitrogens with zero attached hydrogens (tertiary/aromatic N) is 3. The van der Waals surface area contributed by atoms with E-state index in [9.17, 15) is 5.11 Å². The zero-order valence-corrected chi connectivity index (χ0v) is 15.1. The molecule has 2 aromatic heterocycles. The molecule has 0 spiro atoms. The number of hydrogen-bond acceptors (Lipinski definition) is 4. The van der Waals surface area contributed by atoms with Crippen LogP contribution in [0.5, 0.6) is 0 Å². The molecule has 0 atom stereocenters. The zero-order chi connectivity index (χ0) is 16.8. The van der Waals surface area contributed by atoms with Crippen LogP contribution < -0.4 is 0 Å². The Morgan fingerprint density at radius 2 is 2.04 bits per heavy atom. The summed E-state index contributed by atoms with van der Waals surface area (Å²) in [4.78, 5) is 9.24. The molecule has 7 heteroatoms. The Labute approximate surface area is 153 Å². The van der Waals surface area contributed by atoms with Gasteiger partial charge in [0.2, 0.25) is 0 Å². The highest BCUT2D eigenvalue weighted by Gasteiger charge is 2.26. The predicted octanol–water partition coefficient (Wildman–Crippen LogP) is 4.39. The normalized spacial score (nSPS) is 13.2. The topological polar surface area (TPSA) is 50.4 Å². The molecule has 1 aromatic carbocycles. The number of aliphatic imine (C=N–C) groups is 1. The van der Waals surface area contributed by atoms with Gasteiger partial charge in [0, 0.05) is 16.1 Å². The van der Waals surface area contributed by atoms with E-state index < -0.39 is 0 Å². The summed E-state index contributed by atoms with van der Waals surface area (Å²) >= 11 is 14.2. The van der Waals surface area contributed by atoms with Crippen molar-refractivity contribution in [1.29, 1.82) is 0 Å². The van der Waals surface area contributed by atoms with Gasteiger partial charge in [-0.15, -0.1) is 11.3 Å². The summed E-state index contributed by atoms with van der Waals surface area (Å²) in [6.45, 7) is 2.23. The van der Waals surface area contributed by atoms with Gasteiger partial charge in [0.15, 0.2) is 0 Å². The lowest BCUT2D eigenvalue weighted by Crippen LogP contribution is -2.05. The van der Waals surface area contributed by atoms with E-state index in [4.69, 9.17) is 28.2 Å². The lowest BCUT2D eigenvalue weighted by Gasteiger charge is -2.09. The number of hydrogen-bond donors (Lipinski definition) is 1. The molecule has 0 aliphatic carbocycles. The largest absolute Gasteiger partial charge is 0.390 e. The Kier molecular flexibility index (Phi) is 3.96. The molecule has 1 N–H and O–H groups in total. The molecule has 3 heterocycles. The van der Waals surface area contributed by atoms with Crippen LogP contribution in [0.3, 0.4) is 0 Å². The Bertz CT molecular complexity index is 974. The third kappa shape index (κ3) is 2.40. The first-order valence-electron chi connectivity index (χ1n) is 7.37. The number of halogens is 2. The second kappa shape index (κ2) is 6.01. The number of aliphatic hydroxyl groups excluding tert-OH is 1. The molecule has 3 aromatic rings. The summed E-state index contributed by atoms with van der Waals surface area (Å²) in [6, 6.07) is 9.55. The first kappa shape index (κ1) is 15.8. The van der Waals surface area contributed by atoms with Gasteiger partial charge in [-0.1, -0.05) is 41.4 Å². The number of aromatic nitrogens is 2. The molecule has 24 heavy (non-hydrogen) atoms. The first-order chi connectivity index (χ1) is 11.6.